The Morgan fingerprint density at radius 1 is 1.26 bits per heavy atom. The first-order valence-corrected chi connectivity index (χ1v) is 14.8. The maximum absolute atomic E-state index is 13.7. The summed E-state index contributed by atoms with van der Waals surface area (Å²) in [6.45, 7) is 4.62. The summed E-state index contributed by atoms with van der Waals surface area (Å²) < 4.78 is 40.2. The molecule has 38 heavy (non-hydrogen) atoms. The number of alkyl carbamates (subject to hydrolysis) is 1. The molecular weight excluding hydrogens is 528 g/mol. The molecule has 206 valence electrons. The molecule has 1 aromatic heterocycles. The van der Waals surface area contributed by atoms with E-state index in [-0.39, 0.29) is 36.4 Å². The Labute approximate surface area is 226 Å². The number of hydrogen-bond acceptors (Lipinski definition) is 9. The Morgan fingerprint density at radius 3 is 2.71 bits per heavy atom. The van der Waals surface area contributed by atoms with Crippen molar-refractivity contribution in [3.63, 3.8) is 0 Å². The van der Waals surface area contributed by atoms with Crippen LogP contribution >= 0.6 is 11.3 Å². The molecule has 0 spiro atoms. The Hall–Kier alpha value is -2.77. The fraction of sp³-hybridized carbons (Fsp3) is 0.462. The average Bonchev–Trinajstić information content (AvgIpc) is 3.51. The van der Waals surface area contributed by atoms with E-state index < -0.39 is 28.3 Å². The van der Waals surface area contributed by atoms with Gasteiger partial charge in [-0.25, -0.2) is 18.2 Å². The van der Waals surface area contributed by atoms with Crippen molar-refractivity contribution < 1.29 is 27.8 Å². The highest BCUT2D eigenvalue weighted by atomic mass is 32.2. The fourth-order valence-corrected chi connectivity index (χ4v) is 6.70. The van der Waals surface area contributed by atoms with Crippen LogP contribution in [0.5, 0.6) is 0 Å². The van der Waals surface area contributed by atoms with Gasteiger partial charge in [-0.05, 0) is 36.1 Å². The van der Waals surface area contributed by atoms with Gasteiger partial charge in [0.05, 0.1) is 40.5 Å². The number of anilines is 1. The van der Waals surface area contributed by atoms with Crippen LogP contribution in [-0.4, -0.2) is 73.5 Å². The van der Waals surface area contributed by atoms with Gasteiger partial charge in [-0.15, -0.1) is 0 Å². The monoisotopic (exact) mass is 562 g/mol. The minimum atomic E-state index is -3.99. The summed E-state index contributed by atoms with van der Waals surface area (Å²) in [6.07, 6.45) is -1.34. The highest BCUT2D eigenvalue weighted by molar-refractivity contribution is 7.89. The van der Waals surface area contributed by atoms with Gasteiger partial charge in [0, 0.05) is 19.5 Å². The third kappa shape index (κ3) is 7.20. The highest BCUT2D eigenvalue weighted by Gasteiger charge is 2.32. The lowest BCUT2D eigenvalue weighted by Gasteiger charge is -2.30. The molecule has 4 N–H and O–H groups in total. The molecule has 3 aromatic rings. The minimum absolute atomic E-state index is 0.0107. The van der Waals surface area contributed by atoms with Gasteiger partial charge < -0.3 is 25.6 Å². The van der Waals surface area contributed by atoms with E-state index in [4.69, 9.17) is 15.2 Å². The summed E-state index contributed by atoms with van der Waals surface area (Å²) in [4.78, 5) is 16.9. The number of aliphatic hydroxyl groups excluding tert-OH is 1. The van der Waals surface area contributed by atoms with Crippen molar-refractivity contribution in [3.8, 4) is 0 Å². The van der Waals surface area contributed by atoms with Crippen LogP contribution in [0, 0.1) is 5.92 Å². The molecule has 2 aromatic carbocycles. The van der Waals surface area contributed by atoms with E-state index in [1.54, 1.807) is 6.07 Å². The number of benzene rings is 2. The molecule has 0 aliphatic carbocycles. The molecule has 0 radical (unpaired) electrons. The van der Waals surface area contributed by atoms with Crippen LogP contribution in [0.3, 0.4) is 0 Å². The number of amides is 1. The number of aliphatic hydroxyl groups is 1. The van der Waals surface area contributed by atoms with Crippen LogP contribution < -0.4 is 11.1 Å². The predicted molar refractivity (Wildman–Crippen MR) is 146 cm³/mol. The molecule has 2 heterocycles. The molecule has 1 saturated heterocycles. The molecule has 4 rings (SSSR count). The van der Waals surface area contributed by atoms with Crippen LogP contribution in [0.15, 0.2) is 53.4 Å². The van der Waals surface area contributed by atoms with Gasteiger partial charge in [0.2, 0.25) is 10.0 Å². The van der Waals surface area contributed by atoms with Gasteiger partial charge in [-0.3, -0.25) is 0 Å². The molecule has 0 bridgehead atoms. The largest absolute Gasteiger partial charge is 0.444 e. The number of hydrogen-bond donors (Lipinski definition) is 3. The molecule has 0 saturated carbocycles. The van der Waals surface area contributed by atoms with Crippen molar-refractivity contribution >= 4 is 42.8 Å². The Morgan fingerprint density at radius 2 is 2.03 bits per heavy atom. The highest BCUT2D eigenvalue weighted by Crippen LogP contribution is 2.28. The van der Waals surface area contributed by atoms with Gasteiger partial charge in [0.1, 0.15) is 6.10 Å². The van der Waals surface area contributed by atoms with Crippen molar-refractivity contribution in [1.29, 1.82) is 0 Å². The van der Waals surface area contributed by atoms with Crippen molar-refractivity contribution in [2.45, 2.75) is 49.8 Å². The summed E-state index contributed by atoms with van der Waals surface area (Å²) in [6, 6.07) is 13.3. The van der Waals surface area contributed by atoms with Crippen molar-refractivity contribution in [1.82, 2.24) is 14.6 Å². The normalized spacial score (nSPS) is 17.7. The molecule has 1 fully saturated rings. The van der Waals surface area contributed by atoms with E-state index in [0.717, 1.165) is 10.3 Å². The quantitative estimate of drug-likeness (QED) is 0.324. The lowest BCUT2D eigenvalue weighted by atomic mass is 10.0. The third-order valence-electron chi connectivity index (χ3n) is 6.20. The summed E-state index contributed by atoms with van der Waals surface area (Å²) in [7, 11) is -3.99. The smallest absolute Gasteiger partial charge is 0.407 e. The number of carbonyl (C=O) groups excluding carboxylic acids is 1. The average molecular weight is 563 g/mol. The Bertz CT molecular complexity index is 1330. The van der Waals surface area contributed by atoms with Crippen LogP contribution in [0.2, 0.25) is 0 Å². The van der Waals surface area contributed by atoms with E-state index in [1.807, 2.05) is 44.2 Å². The molecule has 1 aliphatic heterocycles. The second-order valence-electron chi connectivity index (χ2n) is 9.80. The third-order valence-corrected chi connectivity index (χ3v) is 8.89. The van der Waals surface area contributed by atoms with Crippen molar-refractivity contribution in [3.05, 3.63) is 54.1 Å². The van der Waals surface area contributed by atoms with Gasteiger partial charge in [0.25, 0.3) is 0 Å². The zero-order valence-corrected chi connectivity index (χ0v) is 23.1. The first kappa shape index (κ1) is 28.2. The number of fused-ring (bicyclic) bond motifs is 1. The van der Waals surface area contributed by atoms with Gasteiger partial charge >= 0.3 is 6.09 Å². The minimum Gasteiger partial charge on any atom is -0.444 e. The number of carbonyl (C=O) groups is 1. The van der Waals surface area contributed by atoms with E-state index >= 15 is 0 Å². The van der Waals surface area contributed by atoms with E-state index in [9.17, 15) is 18.3 Å². The molecule has 3 atom stereocenters. The Kier molecular flexibility index (Phi) is 9.21. The molecule has 0 unspecified atom stereocenters. The molecule has 10 nitrogen and oxygen atoms in total. The number of ether oxygens (including phenoxy) is 2. The SMILES string of the molecule is CC(C)CN(C[C@@H](O)[C@H](Cc1ccccc1)NC(=O)O[C@H]1CCOC1)S(=O)(=O)c1ccc2sc(N)nc2c1. The van der Waals surface area contributed by atoms with Crippen LogP contribution in [-0.2, 0) is 25.9 Å². The molecule has 12 heteroatoms. The molecule has 1 amide bonds. The lowest BCUT2D eigenvalue weighted by Crippen LogP contribution is -2.51. The maximum Gasteiger partial charge on any atom is 0.407 e. The molecular formula is C26H34N4O6S2. The number of nitrogen functional groups attached to an aromatic ring is 1. The van der Waals surface area contributed by atoms with Crippen molar-refractivity contribution in [2.24, 2.45) is 5.92 Å². The summed E-state index contributed by atoms with van der Waals surface area (Å²) in [5.41, 5.74) is 7.17. The number of rotatable bonds is 11. The second-order valence-corrected chi connectivity index (χ2v) is 12.8. The predicted octanol–water partition coefficient (Wildman–Crippen LogP) is 3.01. The first-order valence-electron chi connectivity index (χ1n) is 12.5. The van der Waals surface area contributed by atoms with Crippen LogP contribution in [0.1, 0.15) is 25.8 Å². The number of nitrogens with one attached hydrogen (secondary N) is 1. The second kappa shape index (κ2) is 12.4. The van der Waals surface area contributed by atoms with Crippen molar-refractivity contribution in [2.75, 3.05) is 32.0 Å². The van der Waals surface area contributed by atoms with E-state index in [2.05, 4.69) is 10.3 Å². The summed E-state index contributed by atoms with van der Waals surface area (Å²) >= 11 is 1.28. The van der Waals surface area contributed by atoms with Gasteiger partial charge in [-0.1, -0.05) is 55.5 Å². The van der Waals surface area contributed by atoms with Crippen LogP contribution in [0.25, 0.3) is 10.2 Å². The summed E-state index contributed by atoms with van der Waals surface area (Å²) in [5, 5.41) is 14.4. The van der Waals surface area contributed by atoms with E-state index in [1.165, 1.54) is 27.8 Å². The number of aromatic nitrogens is 1. The standard InChI is InChI=1S/C26H34N4O6S2/c1-17(2)14-30(38(33,34)20-8-9-24-22(13-20)28-25(27)37-24)15-23(31)21(12-18-6-4-3-5-7-18)29-26(32)36-19-10-11-35-16-19/h3-9,13,17,19,21,23,31H,10-12,14-16H2,1-2H3,(H2,27,28)(H,29,32)/t19-,21-,23+/m0/s1. The Balaban J connectivity index is 1.56. The zero-order chi connectivity index (χ0) is 27.3. The lowest BCUT2D eigenvalue weighted by molar-refractivity contribution is 0.0644. The number of thiazole rings is 1. The fourth-order valence-electron chi connectivity index (χ4n) is 4.34. The van der Waals surface area contributed by atoms with Gasteiger partial charge in [-0.2, -0.15) is 4.31 Å². The number of nitrogens with two attached hydrogens (primary N) is 1. The van der Waals surface area contributed by atoms with E-state index in [0.29, 0.717) is 30.3 Å². The molecule has 1 aliphatic rings. The number of nitrogens with zero attached hydrogens (tertiary/aromatic N) is 2. The zero-order valence-electron chi connectivity index (χ0n) is 21.4. The topological polar surface area (TPSA) is 144 Å². The van der Waals surface area contributed by atoms with Gasteiger partial charge in [0.15, 0.2) is 5.13 Å². The van der Waals surface area contributed by atoms with Crippen LogP contribution in [0.4, 0.5) is 9.93 Å². The number of sulfonamides is 1. The summed E-state index contributed by atoms with van der Waals surface area (Å²) in [5.74, 6) is -0.0107. The maximum atomic E-state index is 13.7. The first-order chi connectivity index (χ1) is 18.1.